The van der Waals surface area contributed by atoms with Crippen molar-refractivity contribution in [2.45, 2.75) is 31.4 Å². The molecule has 4 heteroatoms. The topological polar surface area (TPSA) is 29.1 Å². The zero-order valence-corrected chi connectivity index (χ0v) is 12.2. The van der Waals surface area contributed by atoms with Crippen LogP contribution in [0.2, 0.25) is 0 Å². The van der Waals surface area contributed by atoms with Crippen LogP contribution in [0.5, 0.6) is 0 Å². The Kier molecular flexibility index (Phi) is 4.51. The van der Waals surface area contributed by atoms with Crippen molar-refractivity contribution in [1.82, 2.24) is 0 Å². The Morgan fingerprint density at radius 1 is 1.47 bits per heavy atom. The van der Waals surface area contributed by atoms with Crippen molar-refractivity contribution >= 4 is 39.3 Å². The van der Waals surface area contributed by atoms with E-state index < -0.39 is 0 Å². The van der Waals surface area contributed by atoms with E-state index in [9.17, 15) is 4.79 Å². The van der Waals surface area contributed by atoms with Gasteiger partial charge in [0, 0.05) is 10.2 Å². The van der Waals surface area contributed by atoms with Gasteiger partial charge in [-0.25, -0.2) is 0 Å². The van der Waals surface area contributed by atoms with Gasteiger partial charge in [0.15, 0.2) is 0 Å². The van der Waals surface area contributed by atoms with Crippen LogP contribution in [-0.2, 0) is 4.79 Å². The van der Waals surface area contributed by atoms with Crippen LogP contribution in [0.25, 0.3) is 0 Å². The second-order valence-corrected chi connectivity index (χ2v) is 6.53. The number of carbonyl (C=O) groups excluding carboxylic acids is 1. The van der Waals surface area contributed by atoms with Crippen molar-refractivity contribution in [1.29, 1.82) is 0 Å². The number of thioether (sulfide) groups is 1. The number of benzene rings is 1. The number of carbonyl (C=O) groups is 1. The van der Waals surface area contributed by atoms with Gasteiger partial charge in [0.1, 0.15) is 0 Å². The first-order valence-corrected chi connectivity index (χ1v) is 7.69. The fourth-order valence-corrected chi connectivity index (χ4v) is 3.60. The smallest absolute Gasteiger partial charge is 0.237 e. The van der Waals surface area contributed by atoms with Crippen LogP contribution in [0, 0.1) is 6.92 Å². The van der Waals surface area contributed by atoms with Gasteiger partial charge in [0.05, 0.1) is 5.25 Å². The molecule has 2 rings (SSSR count). The molecule has 0 aromatic heterocycles. The van der Waals surface area contributed by atoms with Gasteiger partial charge in [-0.2, -0.15) is 0 Å². The molecule has 1 aliphatic heterocycles. The average Bonchev–Trinajstić information content (AvgIpc) is 2.34. The van der Waals surface area contributed by atoms with E-state index in [1.807, 2.05) is 25.1 Å². The number of aryl methyl sites for hydroxylation is 1. The minimum atomic E-state index is 0.131. The molecular formula is C13H16BrNOS. The fourth-order valence-electron chi connectivity index (χ4n) is 1.93. The first-order valence-electron chi connectivity index (χ1n) is 5.85. The summed E-state index contributed by atoms with van der Waals surface area (Å²) in [6.07, 6.45) is 3.42. The van der Waals surface area contributed by atoms with Crippen molar-refractivity contribution in [3.8, 4) is 0 Å². The third-order valence-electron chi connectivity index (χ3n) is 2.92. The lowest BCUT2D eigenvalue weighted by Gasteiger charge is -2.21. The van der Waals surface area contributed by atoms with E-state index in [0.717, 1.165) is 27.9 Å². The highest BCUT2D eigenvalue weighted by Gasteiger charge is 2.21. The summed E-state index contributed by atoms with van der Waals surface area (Å²) >= 11 is 5.20. The van der Waals surface area contributed by atoms with E-state index in [4.69, 9.17) is 0 Å². The average molecular weight is 314 g/mol. The lowest BCUT2D eigenvalue weighted by molar-refractivity contribution is -0.115. The highest BCUT2D eigenvalue weighted by atomic mass is 79.9. The maximum atomic E-state index is 12.1. The Morgan fingerprint density at radius 3 is 2.94 bits per heavy atom. The molecule has 0 spiro atoms. The van der Waals surface area contributed by atoms with Crippen molar-refractivity contribution in [3.63, 3.8) is 0 Å². The van der Waals surface area contributed by atoms with Gasteiger partial charge in [0.25, 0.3) is 0 Å². The zero-order chi connectivity index (χ0) is 12.3. The Bertz CT molecular complexity index is 416. The second kappa shape index (κ2) is 5.91. The molecule has 1 saturated heterocycles. The number of halogens is 1. The molecule has 1 fully saturated rings. The molecule has 1 heterocycles. The van der Waals surface area contributed by atoms with Gasteiger partial charge in [-0.05, 0) is 49.3 Å². The van der Waals surface area contributed by atoms with E-state index in [2.05, 4.69) is 21.2 Å². The number of anilines is 1. The molecule has 0 aliphatic carbocycles. The van der Waals surface area contributed by atoms with Crippen LogP contribution >= 0.6 is 27.7 Å². The van der Waals surface area contributed by atoms with Crippen LogP contribution in [0.1, 0.15) is 24.8 Å². The Morgan fingerprint density at radius 2 is 2.29 bits per heavy atom. The molecule has 17 heavy (non-hydrogen) atoms. The van der Waals surface area contributed by atoms with E-state index in [0.29, 0.717) is 0 Å². The highest BCUT2D eigenvalue weighted by Crippen LogP contribution is 2.27. The Labute approximate surface area is 115 Å². The largest absolute Gasteiger partial charge is 0.325 e. The third kappa shape index (κ3) is 3.49. The third-order valence-corrected chi connectivity index (χ3v) is 4.79. The summed E-state index contributed by atoms with van der Waals surface area (Å²) in [6, 6.07) is 5.92. The molecule has 92 valence electrons. The summed E-state index contributed by atoms with van der Waals surface area (Å²) in [6.45, 7) is 2.01. The summed E-state index contributed by atoms with van der Waals surface area (Å²) in [5.74, 6) is 1.26. The lowest BCUT2D eigenvalue weighted by Crippen LogP contribution is -2.27. The summed E-state index contributed by atoms with van der Waals surface area (Å²) in [4.78, 5) is 12.1. The molecule has 1 N–H and O–H groups in total. The van der Waals surface area contributed by atoms with E-state index >= 15 is 0 Å². The minimum Gasteiger partial charge on any atom is -0.325 e. The van der Waals surface area contributed by atoms with Crippen molar-refractivity contribution in [2.24, 2.45) is 0 Å². The van der Waals surface area contributed by atoms with Gasteiger partial charge in [-0.1, -0.05) is 22.4 Å². The van der Waals surface area contributed by atoms with Crippen LogP contribution in [0.4, 0.5) is 5.69 Å². The molecule has 1 aromatic carbocycles. The van der Waals surface area contributed by atoms with Crippen LogP contribution in [0.3, 0.4) is 0 Å². The fraction of sp³-hybridized carbons (Fsp3) is 0.462. The minimum absolute atomic E-state index is 0.131. The Hall–Kier alpha value is -0.480. The maximum absolute atomic E-state index is 12.1. The maximum Gasteiger partial charge on any atom is 0.237 e. The summed E-state index contributed by atoms with van der Waals surface area (Å²) < 4.78 is 1.04. The molecule has 1 amide bonds. The van der Waals surface area contributed by atoms with Gasteiger partial charge in [-0.3, -0.25) is 4.79 Å². The predicted octanol–water partition coefficient (Wildman–Crippen LogP) is 3.98. The lowest BCUT2D eigenvalue weighted by atomic mass is 10.1. The van der Waals surface area contributed by atoms with Gasteiger partial charge < -0.3 is 5.32 Å². The first-order chi connectivity index (χ1) is 8.16. The van der Waals surface area contributed by atoms with Crippen LogP contribution in [-0.4, -0.2) is 16.9 Å². The van der Waals surface area contributed by atoms with Crippen molar-refractivity contribution in [2.75, 3.05) is 11.1 Å². The number of nitrogens with one attached hydrogen (secondary N) is 1. The molecular weight excluding hydrogens is 298 g/mol. The SMILES string of the molecule is Cc1cc(Br)ccc1NC(=O)C1CCCCS1. The number of rotatable bonds is 2. The second-order valence-electron chi connectivity index (χ2n) is 4.30. The van der Waals surface area contributed by atoms with E-state index in [1.165, 1.54) is 12.8 Å². The molecule has 0 radical (unpaired) electrons. The van der Waals surface area contributed by atoms with Crippen LogP contribution in [0.15, 0.2) is 22.7 Å². The number of hydrogen-bond donors (Lipinski definition) is 1. The Balaban J connectivity index is 2.02. The van der Waals surface area contributed by atoms with Crippen LogP contribution < -0.4 is 5.32 Å². The summed E-state index contributed by atoms with van der Waals surface area (Å²) in [5.41, 5.74) is 2.01. The first kappa shape index (κ1) is 13.0. The molecule has 1 aromatic rings. The molecule has 1 atom stereocenters. The van der Waals surface area contributed by atoms with Crippen molar-refractivity contribution in [3.05, 3.63) is 28.2 Å². The van der Waals surface area contributed by atoms with Gasteiger partial charge in [0.2, 0.25) is 5.91 Å². The summed E-state index contributed by atoms with van der Waals surface area (Å²) in [5, 5.41) is 3.16. The van der Waals surface area contributed by atoms with Gasteiger partial charge in [-0.15, -0.1) is 11.8 Å². The standard InChI is InChI=1S/C13H16BrNOS/c1-9-8-10(14)5-6-11(9)15-13(16)12-4-2-3-7-17-12/h5-6,8,12H,2-4,7H2,1H3,(H,15,16). The highest BCUT2D eigenvalue weighted by molar-refractivity contribution is 9.10. The number of hydrogen-bond acceptors (Lipinski definition) is 2. The summed E-state index contributed by atoms with van der Waals surface area (Å²) in [7, 11) is 0. The molecule has 2 nitrogen and oxygen atoms in total. The quantitative estimate of drug-likeness (QED) is 0.894. The number of amides is 1. The predicted molar refractivity (Wildman–Crippen MR) is 77.6 cm³/mol. The zero-order valence-electron chi connectivity index (χ0n) is 9.83. The van der Waals surface area contributed by atoms with Gasteiger partial charge >= 0.3 is 0 Å². The molecule has 1 aliphatic rings. The van der Waals surface area contributed by atoms with Crippen molar-refractivity contribution < 1.29 is 4.79 Å². The molecule has 1 unspecified atom stereocenters. The molecule has 0 bridgehead atoms. The van der Waals surface area contributed by atoms with E-state index in [1.54, 1.807) is 11.8 Å². The van der Waals surface area contributed by atoms with E-state index in [-0.39, 0.29) is 11.2 Å². The molecule has 0 saturated carbocycles. The monoisotopic (exact) mass is 313 g/mol. The normalized spacial score (nSPS) is 20.0.